The van der Waals surface area contributed by atoms with Gasteiger partial charge in [-0.3, -0.25) is 19.2 Å². The molecule has 2 aliphatic carbocycles. The van der Waals surface area contributed by atoms with Crippen LogP contribution in [0.15, 0.2) is 168 Å². The third kappa shape index (κ3) is 9.19. The molecule has 0 radical (unpaired) electrons. The second kappa shape index (κ2) is 21.6. The van der Waals surface area contributed by atoms with Crippen molar-refractivity contribution in [1.82, 2.24) is 0 Å². The van der Waals surface area contributed by atoms with E-state index in [1.807, 2.05) is 0 Å². The van der Waals surface area contributed by atoms with Gasteiger partial charge in [0, 0.05) is 51.5 Å². The summed E-state index contributed by atoms with van der Waals surface area (Å²) in [5.74, 6) is -4.24. The van der Waals surface area contributed by atoms with E-state index >= 15 is 19.2 Å². The molecule has 4 aromatic heterocycles. The molecule has 0 saturated heterocycles. The molecule has 368 valence electrons. The molecule has 0 bridgehead atoms. The van der Waals surface area contributed by atoms with Crippen molar-refractivity contribution in [3.8, 4) is 43.8 Å². The van der Waals surface area contributed by atoms with Crippen LogP contribution in [0.25, 0.3) is 30.7 Å². The van der Waals surface area contributed by atoms with E-state index in [9.17, 15) is 21.0 Å². The first-order valence-electron chi connectivity index (χ1n) is 23.0. The van der Waals surface area contributed by atoms with Crippen molar-refractivity contribution < 1.29 is 38.1 Å². The van der Waals surface area contributed by atoms with E-state index in [0.717, 1.165) is 45.3 Å². The van der Waals surface area contributed by atoms with Crippen LogP contribution in [0, 0.1) is 45.3 Å². The summed E-state index contributed by atoms with van der Waals surface area (Å²) in [6.07, 6.45) is 0. The molecule has 14 nitrogen and oxygen atoms in total. The fourth-order valence-corrected chi connectivity index (χ4v) is 13.5. The van der Waals surface area contributed by atoms with E-state index in [-0.39, 0.29) is 69.9 Å². The predicted octanol–water partition coefficient (Wildman–Crippen LogP) is 11.9. The molecule has 18 heteroatoms. The van der Waals surface area contributed by atoms with Crippen LogP contribution in [0.2, 0.25) is 0 Å². The van der Waals surface area contributed by atoms with Gasteiger partial charge in [0.05, 0.1) is 0 Å². The standard InChI is InChI=1S/C58H34N6O8S4/c59-27-39(28-60)63-47-23-21-43(73-47)45-25-41-51(75-45)50-49(57(41,53(65)69-31-35-13-5-1-6-14-35)54(66)70-32-36-15-7-2-8-16-36)52-42(26-46(76-52)44-22-24-48(74-44)64-40(29-61)30-62)58(50,55(67)71-33-37-17-9-3-10-18-37)56(68)72-34-38-19-11-4-12-20-38/h1-26H,31-34H2. The van der Waals surface area contributed by atoms with E-state index in [1.54, 1.807) is 182 Å². The lowest BCUT2D eigenvalue weighted by atomic mass is 9.76. The number of ether oxygens (including phenoxy) is 4. The van der Waals surface area contributed by atoms with Gasteiger partial charge in [0.25, 0.3) is 0 Å². The van der Waals surface area contributed by atoms with Gasteiger partial charge in [-0.15, -0.1) is 45.3 Å². The van der Waals surface area contributed by atoms with Gasteiger partial charge in [0.1, 0.15) is 60.7 Å². The largest absolute Gasteiger partial charge is 0.459 e. The van der Waals surface area contributed by atoms with Gasteiger partial charge in [-0.1, -0.05) is 121 Å². The molecule has 0 amide bonds. The Morgan fingerprint density at radius 1 is 0.395 bits per heavy atom. The number of aliphatic imine (C=N–C) groups is 2. The molecule has 0 unspecified atom stereocenters. The summed E-state index contributed by atoms with van der Waals surface area (Å²) in [5.41, 5.74) is -3.36. The maximum Gasteiger partial charge on any atom is 0.333 e. The monoisotopic (exact) mass is 1070 g/mol. The third-order valence-corrected chi connectivity index (χ3v) is 17.0. The Hall–Kier alpha value is -9.40. The predicted molar refractivity (Wildman–Crippen MR) is 287 cm³/mol. The van der Waals surface area contributed by atoms with Gasteiger partial charge in [-0.2, -0.15) is 21.0 Å². The second-order valence-electron chi connectivity index (χ2n) is 16.8. The van der Waals surface area contributed by atoms with E-state index in [2.05, 4.69) is 9.98 Å². The smallest absolute Gasteiger partial charge is 0.333 e. The van der Waals surface area contributed by atoms with E-state index < -0.39 is 34.7 Å². The molecule has 0 atom stereocenters. The quantitative estimate of drug-likeness (QED) is 0.0381. The van der Waals surface area contributed by atoms with Crippen LogP contribution in [-0.4, -0.2) is 35.3 Å². The molecule has 0 spiro atoms. The minimum atomic E-state index is -2.53. The lowest BCUT2D eigenvalue weighted by Gasteiger charge is -2.29. The lowest BCUT2D eigenvalue weighted by Crippen LogP contribution is -2.45. The number of nitrogens with zero attached hydrogens (tertiary/aromatic N) is 6. The van der Waals surface area contributed by atoms with Crippen LogP contribution < -0.4 is 0 Å². The number of carbonyl (C=O) groups excluding carboxylic acids is 4. The molecular formula is C58H34N6O8S4. The molecule has 10 rings (SSSR count). The summed E-state index contributed by atoms with van der Waals surface area (Å²) in [6.45, 7) is -1.14. The average molecular weight is 1070 g/mol. The number of nitriles is 4. The van der Waals surface area contributed by atoms with Crippen molar-refractivity contribution >= 4 is 102 Å². The minimum Gasteiger partial charge on any atom is -0.459 e. The molecule has 4 aromatic carbocycles. The Bertz CT molecular complexity index is 3470. The lowest BCUT2D eigenvalue weighted by molar-refractivity contribution is -0.165. The highest BCUT2D eigenvalue weighted by atomic mass is 32.1. The fraction of sp³-hybridized carbons (Fsp3) is 0.103. The van der Waals surface area contributed by atoms with Gasteiger partial charge in [-0.25, -0.2) is 9.98 Å². The first kappa shape index (κ1) is 50.1. The van der Waals surface area contributed by atoms with Crippen molar-refractivity contribution in [2.45, 2.75) is 37.3 Å². The number of rotatable bonds is 16. The van der Waals surface area contributed by atoms with E-state index in [0.29, 0.717) is 51.8 Å². The molecule has 8 aromatic rings. The second-order valence-corrected chi connectivity index (χ2v) is 21.1. The van der Waals surface area contributed by atoms with Crippen molar-refractivity contribution in [2.24, 2.45) is 9.98 Å². The summed E-state index contributed by atoms with van der Waals surface area (Å²) in [4.78, 5) is 74.5. The maximum atomic E-state index is 15.9. The van der Waals surface area contributed by atoms with Gasteiger partial charge in [-0.05, 0) is 58.7 Å². The van der Waals surface area contributed by atoms with E-state index in [1.165, 1.54) is 0 Å². The summed E-state index contributed by atoms with van der Waals surface area (Å²) >= 11 is 4.45. The summed E-state index contributed by atoms with van der Waals surface area (Å²) in [7, 11) is 0. The van der Waals surface area contributed by atoms with Crippen molar-refractivity contribution in [2.75, 3.05) is 0 Å². The van der Waals surface area contributed by atoms with E-state index in [4.69, 9.17) is 18.9 Å². The Balaban J connectivity index is 1.26. The SMILES string of the molecule is N#CC(C#N)=Nc1ccc(-c2cc3c(s2)C2=C(c4sc(-c5ccc(N=C(C#N)C#N)s5)cc4C2(C(=O)OCc2ccccc2)C(=O)OCc2ccccc2)C3(C(=O)OCc2ccccc2)C(=O)OCc2ccccc2)s1. The number of esters is 4. The number of benzene rings is 4. The number of hydrogen-bond donors (Lipinski definition) is 0. The highest BCUT2D eigenvalue weighted by Crippen LogP contribution is 2.69. The van der Waals surface area contributed by atoms with Gasteiger partial charge in [0.2, 0.25) is 22.3 Å². The number of fused-ring (bicyclic) bond motifs is 4. The zero-order valence-corrected chi connectivity index (χ0v) is 42.7. The Morgan fingerprint density at radius 2 is 0.684 bits per heavy atom. The molecule has 2 aliphatic rings. The fourth-order valence-electron chi connectivity index (χ4n) is 8.92. The maximum absolute atomic E-state index is 15.9. The molecule has 0 saturated carbocycles. The Morgan fingerprint density at radius 3 is 0.961 bits per heavy atom. The third-order valence-electron chi connectivity index (χ3n) is 12.3. The van der Waals surface area contributed by atoms with Crippen LogP contribution in [0.1, 0.15) is 43.1 Å². The zero-order valence-electron chi connectivity index (χ0n) is 39.4. The highest BCUT2D eigenvalue weighted by molar-refractivity contribution is 7.25. The zero-order chi connectivity index (χ0) is 52.8. The first-order valence-corrected chi connectivity index (χ1v) is 26.3. The Kier molecular flexibility index (Phi) is 14.2. The first-order chi connectivity index (χ1) is 37.1. The normalized spacial score (nSPS) is 13.0. The number of thiophene rings is 4. The molecule has 0 fully saturated rings. The van der Waals surface area contributed by atoms with Gasteiger partial charge < -0.3 is 18.9 Å². The molecule has 0 N–H and O–H groups in total. The van der Waals surface area contributed by atoms with Crippen LogP contribution in [0.4, 0.5) is 10.0 Å². The Labute approximate surface area is 450 Å². The van der Waals surface area contributed by atoms with Crippen molar-refractivity contribution in [3.63, 3.8) is 0 Å². The van der Waals surface area contributed by atoms with Crippen LogP contribution in [0.5, 0.6) is 0 Å². The molecular weight excluding hydrogens is 1040 g/mol. The van der Waals surface area contributed by atoms with Gasteiger partial charge >= 0.3 is 23.9 Å². The minimum absolute atomic E-state index is 0.0359. The highest BCUT2D eigenvalue weighted by Gasteiger charge is 2.72. The van der Waals surface area contributed by atoms with Crippen LogP contribution in [-0.2, 0) is 75.4 Å². The van der Waals surface area contributed by atoms with Crippen molar-refractivity contribution in [3.05, 3.63) is 201 Å². The number of carbonyl (C=O) groups is 4. The summed E-state index contributed by atoms with van der Waals surface area (Å²) in [5, 5.41) is 38.7. The van der Waals surface area contributed by atoms with Crippen LogP contribution in [0.3, 0.4) is 0 Å². The summed E-state index contributed by atoms with van der Waals surface area (Å²) in [6, 6.07) is 52.5. The number of hydrogen-bond acceptors (Lipinski definition) is 18. The molecule has 4 heterocycles. The van der Waals surface area contributed by atoms with Gasteiger partial charge in [0.15, 0.2) is 0 Å². The molecule has 0 aliphatic heterocycles. The summed E-state index contributed by atoms with van der Waals surface area (Å²) < 4.78 is 25.1. The van der Waals surface area contributed by atoms with Crippen molar-refractivity contribution in [1.29, 1.82) is 21.0 Å². The molecule has 76 heavy (non-hydrogen) atoms. The van der Waals surface area contributed by atoms with Crippen LogP contribution >= 0.6 is 45.3 Å². The average Bonchev–Trinajstić information content (AvgIpc) is 4.50. The topological polar surface area (TPSA) is 225 Å².